The van der Waals surface area contributed by atoms with Crippen LogP contribution in [0, 0.1) is 5.92 Å². The van der Waals surface area contributed by atoms with Crippen molar-refractivity contribution in [2.45, 2.75) is 12.8 Å². The Morgan fingerprint density at radius 1 is 1.31 bits per heavy atom. The van der Waals surface area contributed by atoms with Gasteiger partial charge in [-0.1, -0.05) is 30.3 Å². The third kappa shape index (κ3) is 4.30. The lowest BCUT2D eigenvalue weighted by Gasteiger charge is -2.17. The number of nitrogens with one attached hydrogen (secondary N) is 1. The summed E-state index contributed by atoms with van der Waals surface area (Å²) in [6, 6.07) is 9.93. The lowest BCUT2D eigenvalue weighted by atomic mass is 10.1. The molecule has 1 aliphatic heterocycles. The fraction of sp³-hybridized carbons (Fsp3) is 0.400. The van der Waals surface area contributed by atoms with Gasteiger partial charge in [0.25, 0.3) is 0 Å². The molecule has 0 aliphatic carbocycles. The molecule has 0 spiro atoms. The summed E-state index contributed by atoms with van der Waals surface area (Å²) < 4.78 is 1.74. The van der Waals surface area contributed by atoms with Crippen LogP contribution < -0.4 is 5.32 Å². The van der Waals surface area contributed by atoms with Crippen molar-refractivity contribution in [2.75, 3.05) is 39.0 Å². The van der Waals surface area contributed by atoms with Crippen molar-refractivity contribution in [1.29, 1.82) is 0 Å². The van der Waals surface area contributed by atoms with E-state index in [9.17, 15) is 9.59 Å². The van der Waals surface area contributed by atoms with Crippen LogP contribution in [0.2, 0.25) is 0 Å². The van der Waals surface area contributed by atoms with Gasteiger partial charge in [-0.15, -0.1) is 16.4 Å². The zero-order valence-electron chi connectivity index (χ0n) is 16.5. The highest BCUT2D eigenvalue weighted by molar-refractivity contribution is 7.15. The van der Waals surface area contributed by atoms with Crippen molar-refractivity contribution in [3.63, 3.8) is 0 Å². The number of hydrogen-bond acceptors (Lipinski definition) is 6. The summed E-state index contributed by atoms with van der Waals surface area (Å²) in [4.78, 5) is 33.9. The van der Waals surface area contributed by atoms with E-state index in [0.717, 1.165) is 24.2 Å². The van der Waals surface area contributed by atoms with Crippen molar-refractivity contribution in [3.8, 4) is 11.3 Å². The predicted molar refractivity (Wildman–Crippen MR) is 113 cm³/mol. The molecule has 1 atom stereocenters. The number of likely N-dealkylation sites (tertiary alicyclic amines) is 1. The number of aromatic nitrogens is 3. The van der Waals surface area contributed by atoms with Crippen LogP contribution in [0.15, 0.2) is 35.7 Å². The van der Waals surface area contributed by atoms with E-state index in [1.54, 1.807) is 9.42 Å². The SMILES string of the molecule is CN(C)CCCN1CC(C(=O)Nc2nc3scc(-c4ccccc4)n3n2)CC1=O. The molecule has 3 heterocycles. The molecule has 1 aliphatic rings. The van der Waals surface area contributed by atoms with Crippen LogP contribution in [-0.2, 0) is 9.59 Å². The van der Waals surface area contributed by atoms with E-state index < -0.39 is 0 Å². The molecule has 1 N–H and O–H groups in total. The van der Waals surface area contributed by atoms with Crippen molar-refractivity contribution in [1.82, 2.24) is 24.4 Å². The number of thiazole rings is 1. The van der Waals surface area contributed by atoms with Crippen LogP contribution in [-0.4, -0.2) is 69.9 Å². The smallest absolute Gasteiger partial charge is 0.250 e. The fourth-order valence-corrected chi connectivity index (χ4v) is 4.33. The number of nitrogens with zero attached hydrogens (tertiary/aromatic N) is 5. The number of hydrogen-bond donors (Lipinski definition) is 1. The van der Waals surface area contributed by atoms with Gasteiger partial charge in [0.15, 0.2) is 0 Å². The van der Waals surface area contributed by atoms with Gasteiger partial charge in [-0.05, 0) is 27.1 Å². The molecule has 1 unspecified atom stereocenters. The normalized spacial score (nSPS) is 16.9. The summed E-state index contributed by atoms with van der Waals surface area (Å²) >= 11 is 1.47. The Morgan fingerprint density at radius 3 is 2.86 bits per heavy atom. The standard InChI is InChI=1S/C20H24N6O2S/c1-24(2)9-6-10-25-12-15(11-17(25)27)18(28)21-19-22-20-26(23-19)16(13-29-20)14-7-4-3-5-8-14/h3-5,7-8,13,15H,6,9-12H2,1-2H3,(H,21,23,28). The number of anilines is 1. The molecular weight excluding hydrogens is 388 g/mol. The number of benzene rings is 1. The van der Waals surface area contributed by atoms with Crippen LogP contribution in [0.25, 0.3) is 16.2 Å². The Labute approximate surface area is 173 Å². The molecule has 0 bridgehead atoms. The maximum absolute atomic E-state index is 12.7. The van der Waals surface area contributed by atoms with Crippen LogP contribution in [0.3, 0.4) is 0 Å². The van der Waals surface area contributed by atoms with E-state index in [1.807, 2.05) is 49.8 Å². The summed E-state index contributed by atoms with van der Waals surface area (Å²) in [5.41, 5.74) is 1.97. The second-order valence-electron chi connectivity index (χ2n) is 7.50. The molecule has 152 valence electrons. The quantitative estimate of drug-likeness (QED) is 0.643. The van der Waals surface area contributed by atoms with Gasteiger partial charge >= 0.3 is 0 Å². The summed E-state index contributed by atoms with van der Waals surface area (Å²) in [7, 11) is 4.02. The molecule has 1 aromatic carbocycles. The van der Waals surface area contributed by atoms with Gasteiger partial charge in [0.2, 0.25) is 22.7 Å². The van der Waals surface area contributed by atoms with Crippen LogP contribution in [0.5, 0.6) is 0 Å². The Morgan fingerprint density at radius 2 is 2.10 bits per heavy atom. The first kappa shape index (κ1) is 19.5. The minimum atomic E-state index is -0.364. The Kier molecular flexibility index (Phi) is 5.59. The topological polar surface area (TPSA) is 82.8 Å². The molecule has 1 fully saturated rings. The first-order chi connectivity index (χ1) is 14.0. The van der Waals surface area contributed by atoms with E-state index in [4.69, 9.17) is 0 Å². The van der Waals surface area contributed by atoms with E-state index in [0.29, 0.717) is 18.1 Å². The average Bonchev–Trinajstić information content (AvgIpc) is 3.37. The molecule has 0 radical (unpaired) electrons. The van der Waals surface area contributed by atoms with Gasteiger partial charge in [-0.2, -0.15) is 4.98 Å². The molecule has 0 saturated carbocycles. The van der Waals surface area contributed by atoms with Gasteiger partial charge in [-0.3, -0.25) is 14.9 Å². The lowest BCUT2D eigenvalue weighted by Crippen LogP contribution is -2.30. The Hall–Kier alpha value is -2.78. The second-order valence-corrected chi connectivity index (χ2v) is 8.34. The Balaban J connectivity index is 1.41. The first-order valence-electron chi connectivity index (χ1n) is 9.64. The molecule has 29 heavy (non-hydrogen) atoms. The third-order valence-corrected chi connectivity index (χ3v) is 5.82. The molecule has 3 aromatic rings. The maximum atomic E-state index is 12.7. The molecule has 4 rings (SSSR count). The first-order valence-corrected chi connectivity index (χ1v) is 10.5. The van der Waals surface area contributed by atoms with Crippen LogP contribution in [0.1, 0.15) is 12.8 Å². The number of carbonyl (C=O) groups excluding carboxylic acids is 2. The molecule has 9 heteroatoms. The summed E-state index contributed by atoms with van der Waals surface area (Å²) in [6.07, 6.45) is 1.14. The zero-order valence-corrected chi connectivity index (χ0v) is 17.4. The minimum absolute atomic E-state index is 0.0362. The number of fused-ring (bicyclic) bond motifs is 1. The number of rotatable bonds is 7. The fourth-order valence-electron chi connectivity index (χ4n) is 3.50. The summed E-state index contributed by atoms with van der Waals surface area (Å²) in [6.45, 7) is 2.05. The van der Waals surface area contributed by atoms with Crippen molar-refractivity contribution in [3.05, 3.63) is 35.7 Å². The van der Waals surface area contributed by atoms with Gasteiger partial charge in [0, 0.05) is 30.5 Å². The molecule has 1 saturated heterocycles. The van der Waals surface area contributed by atoms with Crippen molar-refractivity contribution < 1.29 is 9.59 Å². The van der Waals surface area contributed by atoms with Crippen LogP contribution >= 0.6 is 11.3 Å². The van der Waals surface area contributed by atoms with Gasteiger partial charge < -0.3 is 9.80 Å². The van der Waals surface area contributed by atoms with E-state index in [-0.39, 0.29) is 30.1 Å². The summed E-state index contributed by atoms with van der Waals surface area (Å²) in [5, 5.41) is 9.24. The lowest BCUT2D eigenvalue weighted by molar-refractivity contribution is -0.128. The zero-order chi connectivity index (χ0) is 20.4. The van der Waals surface area contributed by atoms with Crippen LogP contribution in [0.4, 0.5) is 5.95 Å². The Bertz CT molecular complexity index is 1010. The monoisotopic (exact) mass is 412 g/mol. The highest BCUT2D eigenvalue weighted by Crippen LogP contribution is 2.26. The number of amides is 2. The molecule has 2 aromatic heterocycles. The second kappa shape index (κ2) is 8.30. The highest BCUT2D eigenvalue weighted by Gasteiger charge is 2.34. The van der Waals surface area contributed by atoms with Gasteiger partial charge in [0.1, 0.15) is 0 Å². The number of carbonyl (C=O) groups is 2. The largest absolute Gasteiger partial charge is 0.342 e. The van der Waals surface area contributed by atoms with Crippen molar-refractivity contribution in [2.24, 2.45) is 5.92 Å². The molecule has 2 amide bonds. The molecule has 8 nitrogen and oxygen atoms in total. The average molecular weight is 413 g/mol. The predicted octanol–water partition coefficient (Wildman–Crippen LogP) is 2.20. The third-order valence-electron chi connectivity index (χ3n) is 5.00. The van der Waals surface area contributed by atoms with Gasteiger partial charge in [0.05, 0.1) is 11.6 Å². The summed E-state index contributed by atoms with van der Waals surface area (Å²) in [5.74, 6) is -0.253. The van der Waals surface area contributed by atoms with Crippen molar-refractivity contribution >= 4 is 34.1 Å². The molecular formula is C20H24N6O2S. The van der Waals surface area contributed by atoms with E-state index in [2.05, 4.69) is 20.3 Å². The highest BCUT2D eigenvalue weighted by atomic mass is 32.1. The minimum Gasteiger partial charge on any atom is -0.342 e. The van der Waals surface area contributed by atoms with E-state index in [1.165, 1.54) is 11.3 Å². The van der Waals surface area contributed by atoms with Gasteiger partial charge in [-0.25, -0.2) is 4.52 Å². The van der Waals surface area contributed by atoms with E-state index >= 15 is 0 Å². The maximum Gasteiger partial charge on any atom is 0.250 e.